The van der Waals surface area contributed by atoms with Gasteiger partial charge in [-0.1, -0.05) is 6.07 Å². The van der Waals surface area contributed by atoms with Crippen LogP contribution in [0.1, 0.15) is 25.8 Å². The molecule has 2 unspecified atom stereocenters. The van der Waals surface area contributed by atoms with Crippen LogP contribution in [0.25, 0.3) is 0 Å². The molecule has 0 amide bonds. The Labute approximate surface area is 115 Å². The van der Waals surface area contributed by atoms with Crippen LogP contribution in [0.3, 0.4) is 0 Å². The molecule has 2 rings (SSSR count). The Hall–Kier alpha value is -1.26. The Morgan fingerprint density at radius 1 is 1.32 bits per heavy atom. The number of ether oxygens (including phenoxy) is 3. The molecule has 1 heterocycles. The van der Waals surface area contributed by atoms with Gasteiger partial charge in [0.1, 0.15) is 0 Å². The standard InChI is InChI=1S/C15H23NO3/c1-11-15(2,7-8-19-11)16-10-12-5-6-13(17-3)14(9-12)18-4/h5-6,9,11,16H,7-8,10H2,1-4H3. The lowest BCUT2D eigenvalue weighted by Crippen LogP contribution is -2.47. The molecule has 4 heteroatoms. The fraction of sp³-hybridized carbons (Fsp3) is 0.600. The van der Waals surface area contributed by atoms with Crippen molar-refractivity contribution >= 4 is 0 Å². The summed E-state index contributed by atoms with van der Waals surface area (Å²) in [6.07, 6.45) is 1.29. The maximum Gasteiger partial charge on any atom is 0.161 e. The number of nitrogens with one attached hydrogen (secondary N) is 1. The Kier molecular flexibility index (Phi) is 4.32. The molecule has 19 heavy (non-hydrogen) atoms. The third-order valence-corrected chi connectivity index (χ3v) is 4.03. The predicted molar refractivity (Wildman–Crippen MR) is 74.8 cm³/mol. The van der Waals surface area contributed by atoms with Crippen LogP contribution in [0.5, 0.6) is 11.5 Å². The fourth-order valence-corrected chi connectivity index (χ4v) is 2.36. The zero-order chi connectivity index (χ0) is 13.9. The topological polar surface area (TPSA) is 39.7 Å². The summed E-state index contributed by atoms with van der Waals surface area (Å²) >= 11 is 0. The van der Waals surface area contributed by atoms with Gasteiger partial charge in [-0.2, -0.15) is 0 Å². The molecule has 1 aliphatic rings. The SMILES string of the molecule is COc1ccc(CNC2(C)CCOC2C)cc1OC. The normalized spacial score (nSPS) is 26.4. The average molecular weight is 265 g/mol. The van der Waals surface area contributed by atoms with Crippen LogP contribution < -0.4 is 14.8 Å². The van der Waals surface area contributed by atoms with Crippen LogP contribution in [0.2, 0.25) is 0 Å². The van der Waals surface area contributed by atoms with E-state index < -0.39 is 0 Å². The number of hydrogen-bond donors (Lipinski definition) is 1. The number of benzene rings is 1. The van der Waals surface area contributed by atoms with E-state index in [1.807, 2.05) is 12.1 Å². The zero-order valence-corrected chi connectivity index (χ0v) is 12.2. The van der Waals surface area contributed by atoms with Gasteiger partial charge in [0.15, 0.2) is 11.5 Å². The Balaban J connectivity index is 2.03. The van der Waals surface area contributed by atoms with E-state index in [2.05, 4.69) is 25.2 Å². The fourth-order valence-electron chi connectivity index (χ4n) is 2.36. The molecule has 0 spiro atoms. The van der Waals surface area contributed by atoms with E-state index in [0.29, 0.717) is 0 Å². The van der Waals surface area contributed by atoms with E-state index in [0.717, 1.165) is 31.1 Å². The number of hydrogen-bond acceptors (Lipinski definition) is 4. The van der Waals surface area contributed by atoms with E-state index in [4.69, 9.17) is 14.2 Å². The van der Waals surface area contributed by atoms with Gasteiger partial charge in [0.2, 0.25) is 0 Å². The number of methoxy groups -OCH3 is 2. The summed E-state index contributed by atoms with van der Waals surface area (Å²) in [5, 5.41) is 3.59. The van der Waals surface area contributed by atoms with Gasteiger partial charge in [-0.05, 0) is 38.0 Å². The molecular formula is C15H23NO3. The summed E-state index contributed by atoms with van der Waals surface area (Å²) in [6.45, 7) is 5.96. The minimum Gasteiger partial charge on any atom is -0.493 e. The van der Waals surface area contributed by atoms with Gasteiger partial charge in [0.05, 0.1) is 20.3 Å². The second-order valence-corrected chi connectivity index (χ2v) is 5.22. The van der Waals surface area contributed by atoms with Gasteiger partial charge in [0, 0.05) is 18.7 Å². The van der Waals surface area contributed by atoms with Crippen molar-refractivity contribution in [2.24, 2.45) is 0 Å². The van der Waals surface area contributed by atoms with E-state index >= 15 is 0 Å². The van der Waals surface area contributed by atoms with Crippen molar-refractivity contribution in [3.63, 3.8) is 0 Å². The first kappa shape index (κ1) is 14.2. The lowest BCUT2D eigenvalue weighted by atomic mass is 9.94. The van der Waals surface area contributed by atoms with Crippen molar-refractivity contribution in [3.8, 4) is 11.5 Å². The van der Waals surface area contributed by atoms with Crippen LogP contribution in [0.4, 0.5) is 0 Å². The van der Waals surface area contributed by atoms with Gasteiger partial charge in [-0.3, -0.25) is 0 Å². The summed E-state index contributed by atoms with van der Waals surface area (Å²) in [5.74, 6) is 1.53. The van der Waals surface area contributed by atoms with Gasteiger partial charge in [0.25, 0.3) is 0 Å². The third kappa shape index (κ3) is 3.01. The van der Waals surface area contributed by atoms with Crippen LogP contribution in [-0.2, 0) is 11.3 Å². The van der Waals surface area contributed by atoms with Crippen molar-refractivity contribution in [2.45, 2.75) is 38.5 Å². The quantitative estimate of drug-likeness (QED) is 0.887. The highest BCUT2D eigenvalue weighted by molar-refractivity contribution is 5.42. The first-order valence-electron chi connectivity index (χ1n) is 6.66. The average Bonchev–Trinajstić information content (AvgIpc) is 2.76. The third-order valence-electron chi connectivity index (χ3n) is 4.03. The molecule has 1 fully saturated rings. The van der Waals surface area contributed by atoms with Gasteiger partial charge in [-0.25, -0.2) is 0 Å². The van der Waals surface area contributed by atoms with E-state index in [1.165, 1.54) is 5.56 Å². The van der Waals surface area contributed by atoms with E-state index in [1.54, 1.807) is 14.2 Å². The molecule has 0 aromatic heterocycles. The summed E-state index contributed by atoms with van der Waals surface area (Å²) in [4.78, 5) is 0. The summed E-state index contributed by atoms with van der Waals surface area (Å²) < 4.78 is 16.2. The Bertz CT molecular complexity index is 435. The maximum absolute atomic E-state index is 5.63. The smallest absolute Gasteiger partial charge is 0.161 e. The molecule has 1 saturated heterocycles. The molecular weight excluding hydrogens is 242 g/mol. The van der Waals surface area contributed by atoms with Gasteiger partial charge < -0.3 is 19.5 Å². The molecule has 1 aliphatic heterocycles. The molecule has 2 atom stereocenters. The molecule has 1 aromatic rings. The van der Waals surface area contributed by atoms with Crippen molar-refractivity contribution in [1.82, 2.24) is 5.32 Å². The number of rotatable bonds is 5. The minimum atomic E-state index is 0.0488. The van der Waals surface area contributed by atoms with Gasteiger partial charge in [-0.15, -0.1) is 0 Å². The second kappa shape index (κ2) is 5.80. The lowest BCUT2D eigenvalue weighted by Gasteiger charge is -2.29. The molecule has 0 radical (unpaired) electrons. The second-order valence-electron chi connectivity index (χ2n) is 5.22. The molecule has 1 aromatic carbocycles. The van der Waals surface area contributed by atoms with Crippen LogP contribution in [-0.4, -0.2) is 32.5 Å². The molecule has 0 saturated carbocycles. The van der Waals surface area contributed by atoms with Crippen LogP contribution in [0, 0.1) is 0 Å². The Morgan fingerprint density at radius 3 is 2.63 bits per heavy atom. The predicted octanol–water partition coefficient (Wildman–Crippen LogP) is 2.36. The van der Waals surface area contributed by atoms with E-state index in [9.17, 15) is 0 Å². The van der Waals surface area contributed by atoms with Gasteiger partial charge >= 0.3 is 0 Å². The molecule has 1 N–H and O–H groups in total. The minimum absolute atomic E-state index is 0.0488. The highest BCUT2D eigenvalue weighted by Crippen LogP contribution is 2.29. The van der Waals surface area contributed by atoms with Crippen LogP contribution >= 0.6 is 0 Å². The lowest BCUT2D eigenvalue weighted by molar-refractivity contribution is 0.0881. The van der Waals surface area contributed by atoms with Crippen molar-refractivity contribution in [1.29, 1.82) is 0 Å². The monoisotopic (exact) mass is 265 g/mol. The highest BCUT2D eigenvalue weighted by atomic mass is 16.5. The van der Waals surface area contributed by atoms with Crippen molar-refractivity contribution in [3.05, 3.63) is 23.8 Å². The van der Waals surface area contributed by atoms with Crippen molar-refractivity contribution < 1.29 is 14.2 Å². The maximum atomic E-state index is 5.63. The molecule has 0 bridgehead atoms. The first-order valence-corrected chi connectivity index (χ1v) is 6.66. The molecule has 4 nitrogen and oxygen atoms in total. The highest BCUT2D eigenvalue weighted by Gasteiger charge is 2.36. The molecule has 0 aliphatic carbocycles. The zero-order valence-electron chi connectivity index (χ0n) is 12.2. The van der Waals surface area contributed by atoms with E-state index in [-0.39, 0.29) is 11.6 Å². The molecule has 106 valence electrons. The largest absolute Gasteiger partial charge is 0.493 e. The first-order chi connectivity index (χ1) is 9.09. The van der Waals surface area contributed by atoms with Crippen LogP contribution in [0.15, 0.2) is 18.2 Å². The Morgan fingerprint density at radius 2 is 2.05 bits per heavy atom. The summed E-state index contributed by atoms with van der Waals surface area (Å²) in [6, 6.07) is 6.00. The van der Waals surface area contributed by atoms with Crippen molar-refractivity contribution in [2.75, 3.05) is 20.8 Å². The summed E-state index contributed by atoms with van der Waals surface area (Å²) in [5.41, 5.74) is 1.23. The summed E-state index contributed by atoms with van der Waals surface area (Å²) in [7, 11) is 3.30.